The van der Waals surface area contributed by atoms with Gasteiger partial charge in [0.15, 0.2) is 0 Å². The topological polar surface area (TPSA) is 59.0 Å². The fourth-order valence-corrected chi connectivity index (χ4v) is 2.72. The summed E-state index contributed by atoms with van der Waals surface area (Å²) >= 11 is 6.18. The van der Waals surface area contributed by atoms with Crippen LogP contribution in [-0.2, 0) is 6.54 Å². The molecule has 5 nitrogen and oxygen atoms in total. The first-order valence-corrected chi connectivity index (χ1v) is 7.75. The maximum absolute atomic E-state index is 12.1. The minimum atomic E-state index is -0.202. The van der Waals surface area contributed by atoms with Gasteiger partial charge in [-0.05, 0) is 32.7 Å². The Bertz CT molecular complexity index is 502. The van der Waals surface area contributed by atoms with Crippen molar-refractivity contribution in [2.75, 3.05) is 11.9 Å². The van der Waals surface area contributed by atoms with Crippen LogP contribution in [0.4, 0.5) is 5.69 Å². The number of aromatic nitrogens is 2. The predicted octanol–water partition coefficient (Wildman–Crippen LogP) is 2.25. The maximum Gasteiger partial charge on any atom is 0.287 e. The van der Waals surface area contributed by atoms with Crippen molar-refractivity contribution in [2.45, 2.75) is 58.2 Å². The molecule has 1 fully saturated rings. The highest BCUT2D eigenvalue weighted by atomic mass is 35.5. The van der Waals surface area contributed by atoms with Gasteiger partial charge in [0, 0.05) is 18.6 Å². The lowest BCUT2D eigenvalue weighted by atomic mass is 10.0. The predicted molar refractivity (Wildman–Crippen MR) is 82.5 cm³/mol. The second-order valence-electron chi connectivity index (χ2n) is 5.47. The van der Waals surface area contributed by atoms with E-state index in [0.717, 1.165) is 32.2 Å². The summed E-state index contributed by atoms with van der Waals surface area (Å²) in [6, 6.07) is 0.828. The van der Waals surface area contributed by atoms with Crippen LogP contribution in [0.15, 0.2) is 11.0 Å². The minimum absolute atomic E-state index is 0.202. The van der Waals surface area contributed by atoms with Crippen LogP contribution in [0.25, 0.3) is 0 Å². The van der Waals surface area contributed by atoms with E-state index >= 15 is 0 Å². The summed E-state index contributed by atoms with van der Waals surface area (Å²) in [5, 5.41) is 11.2. The van der Waals surface area contributed by atoms with Crippen LogP contribution in [0.3, 0.4) is 0 Å². The van der Waals surface area contributed by atoms with Crippen LogP contribution < -0.4 is 16.2 Å². The SMILES string of the molecule is CCCCn1ncc(NC2CCNC(C)C2)c(Cl)c1=O. The Morgan fingerprint density at radius 3 is 3.10 bits per heavy atom. The molecule has 0 saturated carbocycles. The van der Waals surface area contributed by atoms with Gasteiger partial charge in [-0.25, -0.2) is 4.68 Å². The number of rotatable bonds is 5. The molecule has 0 spiro atoms. The van der Waals surface area contributed by atoms with E-state index < -0.39 is 0 Å². The first-order chi connectivity index (χ1) is 9.61. The maximum atomic E-state index is 12.1. The number of hydrogen-bond acceptors (Lipinski definition) is 4. The van der Waals surface area contributed by atoms with E-state index in [0.29, 0.717) is 24.3 Å². The van der Waals surface area contributed by atoms with Gasteiger partial charge in [-0.3, -0.25) is 4.79 Å². The molecule has 1 saturated heterocycles. The van der Waals surface area contributed by atoms with Gasteiger partial charge in [0.05, 0.1) is 11.9 Å². The van der Waals surface area contributed by atoms with E-state index in [2.05, 4.69) is 29.6 Å². The number of unbranched alkanes of at least 4 members (excludes halogenated alkanes) is 1. The number of anilines is 1. The van der Waals surface area contributed by atoms with Crippen molar-refractivity contribution in [3.05, 3.63) is 21.6 Å². The molecular weight excluding hydrogens is 276 g/mol. The average Bonchev–Trinajstić information content (AvgIpc) is 2.43. The molecule has 0 radical (unpaired) electrons. The summed E-state index contributed by atoms with van der Waals surface area (Å²) in [5.41, 5.74) is 0.454. The Morgan fingerprint density at radius 1 is 1.60 bits per heavy atom. The molecule has 2 N–H and O–H groups in total. The van der Waals surface area contributed by atoms with Crippen molar-refractivity contribution >= 4 is 17.3 Å². The van der Waals surface area contributed by atoms with Gasteiger partial charge in [0.2, 0.25) is 0 Å². The summed E-state index contributed by atoms with van der Waals surface area (Å²) in [5.74, 6) is 0. The zero-order chi connectivity index (χ0) is 14.5. The van der Waals surface area contributed by atoms with Crippen LogP contribution >= 0.6 is 11.6 Å². The smallest absolute Gasteiger partial charge is 0.287 e. The molecule has 0 amide bonds. The highest BCUT2D eigenvalue weighted by molar-refractivity contribution is 6.32. The third-order valence-corrected chi connectivity index (χ3v) is 4.06. The second-order valence-corrected chi connectivity index (χ2v) is 5.85. The molecule has 112 valence electrons. The fraction of sp³-hybridized carbons (Fsp3) is 0.714. The molecule has 2 atom stereocenters. The highest BCUT2D eigenvalue weighted by Crippen LogP contribution is 2.20. The van der Waals surface area contributed by atoms with Crippen LogP contribution in [0.2, 0.25) is 5.02 Å². The number of piperidine rings is 1. The van der Waals surface area contributed by atoms with Crippen molar-refractivity contribution < 1.29 is 0 Å². The molecule has 1 aromatic rings. The van der Waals surface area contributed by atoms with E-state index in [9.17, 15) is 4.79 Å². The van der Waals surface area contributed by atoms with Crippen LogP contribution in [0.5, 0.6) is 0 Å². The number of nitrogens with one attached hydrogen (secondary N) is 2. The van der Waals surface area contributed by atoms with Gasteiger partial charge >= 0.3 is 0 Å². The van der Waals surface area contributed by atoms with Crippen molar-refractivity contribution in [2.24, 2.45) is 0 Å². The molecule has 2 heterocycles. The van der Waals surface area contributed by atoms with Crippen molar-refractivity contribution in [1.82, 2.24) is 15.1 Å². The Balaban J connectivity index is 2.09. The van der Waals surface area contributed by atoms with E-state index in [-0.39, 0.29) is 10.6 Å². The summed E-state index contributed by atoms with van der Waals surface area (Å²) < 4.78 is 1.45. The van der Waals surface area contributed by atoms with Crippen LogP contribution in [0, 0.1) is 0 Å². The van der Waals surface area contributed by atoms with E-state index in [1.165, 1.54) is 4.68 Å². The van der Waals surface area contributed by atoms with E-state index in [1.54, 1.807) is 6.20 Å². The lowest BCUT2D eigenvalue weighted by Gasteiger charge is -2.29. The molecule has 6 heteroatoms. The lowest BCUT2D eigenvalue weighted by molar-refractivity contribution is 0.396. The monoisotopic (exact) mass is 298 g/mol. The van der Waals surface area contributed by atoms with Gasteiger partial charge in [-0.1, -0.05) is 24.9 Å². The molecular formula is C14H23ClN4O. The molecule has 2 rings (SSSR count). The largest absolute Gasteiger partial charge is 0.380 e. The summed E-state index contributed by atoms with van der Waals surface area (Å²) in [7, 11) is 0. The summed E-state index contributed by atoms with van der Waals surface area (Å²) in [6.45, 7) is 5.86. The van der Waals surface area contributed by atoms with Gasteiger partial charge < -0.3 is 10.6 Å². The van der Waals surface area contributed by atoms with E-state index in [1.807, 2.05) is 0 Å². The average molecular weight is 299 g/mol. The highest BCUT2D eigenvalue weighted by Gasteiger charge is 2.19. The molecule has 1 aliphatic rings. The quantitative estimate of drug-likeness (QED) is 0.875. The third kappa shape index (κ3) is 3.73. The van der Waals surface area contributed by atoms with Crippen LogP contribution in [0.1, 0.15) is 39.5 Å². The number of halogens is 1. The molecule has 1 aliphatic heterocycles. The Labute approximate surface area is 124 Å². The molecule has 0 aromatic carbocycles. The first-order valence-electron chi connectivity index (χ1n) is 7.37. The second kappa shape index (κ2) is 7.09. The van der Waals surface area contributed by atoms with Crippen molar-refractivity contribution in [3.8, 4) is 0 Å². The van der Waals surface area contributed by atoms with Gasteiger partial charge in [-0.15, -0.1) is 0 Å². The number of hydrogen-bond donors (Lipinski definition) is 2. The Hall–Kier alpha value is -1.07. The van der Waals surface area contributed by atoms with Crippen molar-refractivity contribution in [1.29, 1.82) is 0 Å². The summed E-state index contributed by atoms with van der Waals surface area (Å²) in [4.78, 5) is 12.1. The Morgan fingerprint density at radius 2 is 2.40 bits per heavy atom. The van der Waals surface area contributed by atoms with E-state index in [4.69, 9.17) is 11.6 Å². The zero-order valence-corrected chi connectivity index (χ0v) is 12.9. The lowest BCUT2D eigenvalue weighted by Crippen LogP contribution is -2.41. The zero-order valence-electron chi connectivity index (χ0n) is 12.2. The van der Waals surface area contributed by atoms with Crippen molar-refractivity contribution in [3.63, 3.8) is 0 Å². The minimum Gasteiger partial charge on any atom is -0.380 e. The normalized spacial score (nSPS) is 22.8. The molecule has 1 aromatic heterocycles. The molecule has 0 bridgehead atoms. The van der Waals surface area contributed by atoms with Gasteiger partial charge in [-0.2, -0.15) is 5.10 Å². The number of nitrogens with zero attached hydrogens (tertiary/aromatic N) is 2. The summed E-state index contributed by atoms with van der Waals surface area (Å²) in [6.07, 6.45) is 5.68. The standard InChI is InChI=1S/C14H23ClN4O/c1-3-4-7-19-14(20)13(15)12(9-17-19)18-11-5-6-16-10(2)8-11/h9-11,16,18H,3-8H2,1-2H3. The van der Waals surface area contributed by atoms with Crippen LogP contribution in [-0.4, -0.2) is 28.4 Å². The third-order valence-electron chi connectivity index (χ3n) is 3.69. The number of aryl methyl sites for hydroxylation is 1. The van der Waals surface area contributed by atoms with Gasteiger partial charge in [0.1, 0.15) is 5.02 Å². The van der Waals surface area contributed by atoms with Gasteiger partial charge in [0.25, 0.3) is 5.56 Å². The molecule has 0 aliphatic carbocycles. The first kappa shape index (κ1) is 15.3. The molecule has 2 unspecified atom stereocenters. The Kier molecular flexibility index (Phi) is 5.43. The molecule has 20 heavy (non-hydrogen) atoms. The fourth-order valence-electron chi connectivity index (χ4n) is 2.52.